The fraction of sp³-hybridized carbons (Fsp3) is 0.0714. The first-order valence-corrected chi connectivity index (χ1v) is 12.0. The molecule has 1 aromatic heterocycles. The van der Waals surface area contributed by atoms with Crippen molar-refractivity contribution in [1.29, 1.82) is 0 Å². The van der Waals surface area contributed by atoms with E-state index in [9.17, 15) is 4.79 Å². The largest absolute Gasteiger partial charge is 0.457 e. The maximum Gasteiger partial charge on any atom is 0.271 e. The van der Waals surface area contributed by atoms with E-state index < -0.39 is 0 Å². The van der Waals surface area contributed by atoms with Crippen LogP contribution in [0.25, 0.3) is 17.4 Å². The van der Waals surface area contributed by atoms with Gasteiger partial charge in [0, 0.05) is 16.7 Å². The van der Waals surface area contributed by atoms with Gasteiger partial charge in [-0.1, -0.05) is 35.9 Å². The Hall–Kier alpha value is -3.54. The number of benzene rings is 3. The molecule has 3 aromatic carbocycles. The van der Waals surface area contributed by atoms with Gasteiger partial charge in [-0.3, -0.25) is 9.69 Å². The fourth-order valence-corrected chi connectivity index (χ4v) is 4.79. The fourth-order valence-electron chi connectivity index (χ4n) is 3.68. The first-order chi connectivity index (χ1) is 16.5. The minimum Gasteiger partial charge on any atom is -0.457 e. The van der Waals surface area contributed by atoms with Crippen molar-refractivity contribution in [2.45, 2.75) is 13.8 Å². The van der Waals surface area contributed by atoms with Crippen LogP contribution in [0.4, 0.5) is 11.4 Å². The number of thioether (sulfide) groups is 1. The third-order valence-electron chi connectivity index (χ3n) is 5.32. The van der Waals surface area contributed by atoms with Crippen molar-refractivity contribution in [3.8, 4) is 11.3 Å². The summed E-state index contributed by atoms with van der Waals surface area (Å²) in [5.74, 6) is 1.18. The number of hydrogen-bond acceptors (Lipinski definition) is 4. The van der Waals surface area contributed by atoms with Crippen LogP contribution in [0.5, 0.6) is 0 Å². The van der Waals surface area contributed by atoms with E-state index in [2.05, 4.69) is 0 Å². The Labute approximate surface area is 207 Å². The number of hydrogen-bond donors (Lipinski definition) is 0. The number of halogens is 1. The first kappa shape index (κ1) is 22.3. The molecule has 0 saturated carbocycles. The number of aliphatic imine (C=N–C) groups is 1. The number of rotatable bonds is 4. The summed E-state index contributed by atoms with van der Waals surface area (Å²) in [7, 11) is 0. The van der Waals surface area contributed by atoms with E-state index in [1.54, 1.807) is 11.0 Å². The van der Waals surface area contributed by atoms with Crippen molar-refractivity contribution < 1.29 is 9.21 Å². The molecule has 6 heteroatoms. The summed E-state index contributed by atoms with van der Waals surface area (Å²) in [4.78, 5) is 20.5. The van der Waals surface area contributed by atoms with E-state index in [-0.39, 0.29) is 5.91 Å². The molecule has 1 aliphatic rings. The molecule has 1 aliphatic heterocycles. The number of furan rings is 1. The van der Waals surface area contributed by atoms with Crippen LogP contribution in [-0.4, -0.2) is 11.1 Å². The molecule has 4 nitrogen and oxygen atoms in total. The molecule has 1 saturated heterocycles. The van der Waals surface area contributed by atoms with Gasteiger partial charge in [-0.05, 0) is 97.4 Å². The van der Waals surface area contributed by atoms with Crippen molar-refractivity contribution in [2.75, 3.05) is 4.90 Å². The minimum absolute atomic E-state index is 0.133. The molecule has 0 spiro atoms. The Kier molecular flexibility index (Phi) is 6.14. The molecule has 0 N–H and O–H groups in total. The lowest BCUT2D eigenvalue weighted by Crippen LogP contribution is -2.28. The number of anilines is 1. The number of nitrogens with zero attached hydrogens (tertiary/aromatic N) is 2. The van der Waals surface area contributed by atoms with Gasteiger partial charge in [0.25, 0.3) is 5.91 Å². The Bertz CT molecular complexity index is 1440. The normalized spacial score (nSPS) is 16.1. The quantitative estimate of drug-likeness (QED) is 0.275. The van der Waals surface area contributed by atoms with Crippen LogP contribution >= 0.6 is 23.4 Å². The van der Waals surface area contributed by atoms with E-state index in [1.807, 2.05) is 98.8 Å². The highest BCUT2D eigenvalue weighted by Gasteiger charge is 2.35. The van der Waals surface area contributed by atoms with E-state index in [1.165, 1.54) is 11.8 Å². The summed E-state index contributed by atoms with van der Waals surface area (Å²) in [6.07, 6.45) is 1.77. The summed E-state index contributed by atoms with van der Waals surface area (Å²) < 4.78 is 6.01. The SMILES string of the molecule is Cc1cccc(N=C2S/C(=C\c3ccc(-c4ccc(Cl)cc4)o3)C(=O)N2c2cccc(C)c2)c1. The maximum atomic E-state index is 13.5. The molecule has 0 aliphatic carbocycles. The molecule has 0 atom stereocenters. The van der Waals surface area contributed by atoms with Gasteiger partial charge in [-0.25, -0.2) is 4.99 Å². The van der Waals surface area contributed by atoms with Gasteiger partial charge in [-0.2, -0.15) is 0 Å². The van der Waals surface area contributed by atoms with Gasteiger partial charge < -0.3 is 4.42 Å². The van der Waals surface area contributed by atoms with Crippen molar-refractivity contribution in [3.05, 3.63) is 112 Å². The third kappa shape index (κ3) is 4.72. The van der Waals surface area contributed by atoms with Crippen LogP contribution in [-0.2, 0) is 4.79 Å². The smallest absolute Gasteiger partial charge is 0.271 e. The third-order valence-corrected chi connectivity index (χ3v) is 6.54. The van der Waals surface area contributed by atoms with Gasteiger partial charge in [0.2, 0.25) is 0 Å². The molecule has 4 aromatic rings. The van der Waals surface area contributed by atoms with Gasteiger partial charge in [-0.15, -0.1) is 0 Å². The molecule has 34 heavy (non-hydrogen) atoms. The lowest BCUT2D eigenvalue weighted by atomic mass is 10.2. The molecular formula is C28H21ClN2O2S. The van der Waals surface area contributed by atoms with Crippen LogP contribution in [0.1, 0.15) is 16.9 Å². The Morgan fingerprint density at radius 1 is 0.912 bits per heavy atom. The summed E-state index contributed by atoms with van der Waals surface area (Å²) >= 11 is 7.33. The summed E-state index contributed by atoms with van der Waals surface area (Å²) in [6, 6.07) is 27.0. The van der Waals surface area contributed by atoms with E-state index in [0.29, 0.717) is 26.6 Å². The average molecular weight is 485 g/mol. The number of carbonyl (C=O) groups is 1. The zero-order valence-electron chi connectivity index (χ0n) is 18.7. The molecule has 168 valence electrons. The zero-order valence-corrected chi connectivity index (χ0v) is 20.2. The van der Waals surface area contributed by atoms with Gasteiger partial charge in [0.05, 0.1) is 16.3 Å². The van der Waals surface area contributed by atoms with Crippen LogP contribution in [0.15, 0.2) is 99.2 Å². The van der Waals surface area contributed by atoms with Gasteiger partial charge >= 0.3 is 0 Å². The van der Waals surface area contributed by atoms with Crippen molar-refractivity contribution >= 4 is 51.9 Å². The number of amidine groups is 1. The van der Waals surface area contributed by atoms with Gasteiger partial charge in [0.1, 0.15) is 11.5 Å². The number of amides is 1. The highest BCUT2D eigenvalue weighted by atomic mass is 35.5. The minimum atomic E-state index is -0.133. The molecule has 2 heterocycles. The van der Waals surface area contributed by atoms with E-state index >= 15 is 0 Å². The Balaban J connectivity index is 1.52. The molecule has 0 radical (unpaired) electrons. The number of carbonyl (C=O) groups excluding carboxylic acids is 1. The van der Waals surface area contributed by atoms with Crippen molar-refractivity contribution in [3.63, 3.8) is 0 Å². The molecule has 0 unspecified atom stereocenters. The second-order valence-corrected chi connectivity index (χ2v) is 9.48. The number of aryl methyl sites for hydroxylation is 2. The maximum absolute atomic E-state index is 13.5. The standard InChI is InChI=1S/C28H21ClN2O2S/c1-18-5-3-7-22(15-18)30-28-31(23-8-4-6-19(2)16-23)27(32)26(34-28)17-24-13-14-25(33-24)20-9-11-21(29)12-10-20/h3-17H,1-2H3/b26-17-,30-28?. The molecular weight excluding hydrogens is 464 g/mol. The summed E-state index contributed by atoms with van der Waals surface area (Å²) in [6.45, 7) is 4.03. The van der Waals surface area contributed by atoms with Crippen LogP contribution < -0.4 is 4.90 Å². The second-order valence-electron chi connectivity index (χ2n) is 8.03. The highest BCUT2D eigenvalue weighted by molar-refractivity contribution is 8.19. The van der Waals surface area contributed by atoms with E-state index in [4.69, 9.17) is 21.0 Å². The molecule has 0 bridgehead atoms. The monoisotopic (exact) mass is 484 g/mol. The van der Waals surface area contributed by atoms with Crippen LogP contribution in [0.2, 0.25) is 5.02 Å². The predicted octanol–water partition coefficient (Wildman–Crippen LogP) is 8.03. The van der Waals surface area contributed by atoms with E-state index in [0.717, 1.165) is 28.1 Å². The second kappa shape index (κ2) is 9.37. The molecule has 5 rings (SSSR count). The van der Waals surface area contributed by atoms with Crippen LogP contribution in [0.3, 0.4) is 0 Å². The van der Waals surface area contributed by atoms with Crippen molar-refractivity contribution in [2.24, 2.45) is 4.99 Å². The lowest BCUT2D eigenvalue weighted by Gasteiger charge is -2.16. The van der Waals surface area contributed by atoms with Crippen LogP contribution in [0, 0.1) is 13.8 Å². The van der Waals surface area contributed by atoms with Crippen molar-refractivity contribution in [1.82, 2.24) is 0 Å². The Morgan fingerprint density at radius 2 is 1.65 bits per heavy atom. The molecule has 1 amide bonds. The summed E-state index contributed by atoms with van der Waals surface area (Å²) in [5, 5.41) is 1.28. The highest BCUT2D eigenvalue weighted by Crippen LogP contribution is 2.38. The lowest BCUT2D eigenvalue weighted by molar-refractivity contribution is -0.113. The summed E-state index contributed by atoms with van der Waals surface area (Å²) in [5.41, 5.74) is 4.69. The Morgan fingerprint density at radius 3 is 2.38 bits per heavy atom. The topological polar surface area (TPSA) is 45.8 Å². The first-order valence-electron chi connectivity index (χ1n) is 10.8. The van der Waals surface area contributed by atoms with Gasteiger partial charge in [0.15, 0.2) is 5.17 Å². The average Bonchev–Trinajstić information content (AvgIpc) is 3.39. The predicted molar refractivity (Wildman–Crippen MR) is 142 cm³/mol. The zero-order chi connectivity index (χ0) is 23.7. The molecule has 1 fully saturated rings.